The lowest BCUT2D eigenvalue weighted by Crippen LogP contribution is -2.47. The van der Waals surface area contributed by atoms with Crippen LogP contribution in [-0.4, -0.2) is 73.9 Å². The smallest absolute Gasteiger partial charge is 0.335 e. The average Bonchev–Trinajstić information content (AvgIpc) is 3.42. The summed E-state index contributed by atoms with van der Waals surface area (Å²) >= 11 is 0. The average molecular weight is 412 g/mol. The van der Waals surface area contributed by atoms with E-state index in [0.717, 1.165) is 13.0 Å². The van der Waals surface area contributed by atoms with Gasteiger partial charge in [0.25, 0.3) is 6.47 Å². The molecule has 0 amide bonds. The van der Waals surface area contributed by atoms with Crippen molar-refractivity contribution < 1.29 is 33.0 Å². The molecule has 2 heterocycles. The van der Waals surface area contributed by atoms with Gasteiger partial charge >= 0.3 is 5.97 Å². The summed E-state index contributed by atoms with van der Waals surface area (Å²) in [5, 5.41) is 15.9. The van der Waals surface area contributed by atoms with E-state index >= 15 is 0 Å². The molecular formula is C18H24N2O7S. The fourth-order valence-electron chi connectivity index (χ4n) is 3.82. The van der Waals surface area contributed by atoms with E-state index in [0.29, 0.717) is 25.2 Å². The second kappa shape index (κ2) is 8.56. The fraction of sp³-hybridized carbons (Fsp3) is 0.556. The van der Waals surface area contributed by atoms with Gasteiger partial charge in [-0.25, -0.2) is 17.9 Å². The number of morpholine rings is 1. The number of ether oxygens (including phenoxy) is 1. The summed E-state index contributed by atoms with van der Waals surface area (Å²) in [4.78, 5) is 21.7. The van der Waals surface area contributed by atoms with E-state index in [1.54, 1.807) is 0 Å². The minimum absolute atomic E-state index is 0.00983. The van der Waals surface area contributed by atoms with Crippen LogP contribution in [0.2, 0.25) is 0 Å². The zero-order valence-corrected chi connectivity index (χ0v) is 16.0. The number of fused-ring (bicyclic) bond motifs is 1. The van der Waals surface area contributed by atoms with Crippen LogP contribution in [-0.2, 0) is 19.6 Å². The molecule has 28 heavy (non-hydrogen) atoms. The van der Waals surface area contributed by atoms with Crippen LogP contribution in [0, 0.1) is 5.92 Å². The van der Waals surface area contributed by atoms with Crippen molar-refractivity contribution in [2.45, 2.75) is 42.3 Å². The lowest BCUT2D eigenvalue weighted by molar-refractivity contribution is -0.122. The molecule has 10 heteroatoms. The van der Waals surface area contributed by atoms with Crippen LogP contribution in [0.15, 0.2) is 29.2 Å². The molecule has 3 N–H and O–H groups in total. The van der Waals surface area contributed by atoms with Crippen molar-refractivity contribution >= 4 is 22.5 Å². The van der Waals surface area contributed by atoms with E-state index in [-0.39, 0.29) is 29.0 Å². The van der Waals surface area contributed by atoms with Gasteiger partial charge in [-0.05, 0) is 43.4 Å². The number of rotatable bonds is 5. The van der Waals surface area contributed by atoms with Gasteiger partial charge in [0.15, 0.2) is 0 Å². The molecule has 0 bridgehead atoms. The summed E-state index contributed by atoms with van der Waals surface area (Å²) in [6.07, 6.45) is 3.48. The van der Waals surface area contributed by atoms with Crippen molar-refractivity contribution in [1.82, 2.24) is 9.62 Å². The van der Waals surface area contributed by atoms with Gasteiger partial charge in [-0.3, -0.25) is 9.69 Å². The molecule has 154 valence electrons. The van der Waals surface area contributed by atoms with Crippen molar-refractivity contribution in [1.29, 1.82) is 0 Å². The molecule has 0 aromatic heterocycles. The monoisotopic (exact) mass is 412 g/mol. The van der Waals surface area contributed by atoms with Crippen molar-refractivity contribution in [2.24, 2.45) is 5.92 Å². The third kappa shape index (κ3) is 4.88. The summed E-state index contributed by atoms with van der Waals surface area (Å²) in [7, 11) is -3.74. The molecular weight excluding hydrogens is 388 g/mol. The highest BCUT2D eigenvalue weighted by Crippen LogP contribution is 2.38. The Morgan fingerprint density at radius 2 is 2.00 bits per heavy atom. The van der Waals surface area contributed by atoms with Crippen LogP contribution in [0.3, 0.4) is 0 Å². The maximum absolute atomic E-state index is 12.6. The molecule has 1 aliphatic carbocycles. The zero-order valence-electron chi connectivity index (χ0n) is 15.2. The van der Waals surface area contributed by atoms with Gasteiger partial charge in [0.1, 0.15) is 0 Å². The maximum Gasteiger partial charge on any atom is 0.335 e. The van der Waals surface area contributed by atoms with Gasteiger partial charge in [-0.15, -0.1) is 0 Å². The summed E-state index contributed by atoms with van der Waals surface area (Å²) in [6.45, 7) is 1.96. The van der Waals surface area contributed by atoms with Crippen molar-refractivity contribution in [3.8, 4) is 0 Å². The molecule has 2 aliphatic heterocycles. The molecule has 2 saturated heterocycles. The summed E-state index contributed by atoms with van der Waals surface area (Å²) in [5.74, 6) is -0.464. The fourth-order valence-corrected chi connectivity index (χ4v) is 5.11. The molecule has 4 rings (SSSR count). The first kappa shape index (κ1) is 20.7. The van der Waals surface area contributed by atoms with Gasteiger partial charge in [0.2, 0.25) is 10.0 Å². The number of nitrogens with one attached hydrogen (secondary N) is 1. The standard InChI is InChI=1S/C17H22N2O5S.CH2O2/c20-17(21)12-2-1-3-15(6-12)25(22,23)18-13-7-14-10-24-16(11-4-5-11)9-19(14)8-13;2-1-3/h1-3,6,11,13-14,16,18H,4-5,7-10H2,(H,20,21);1H,(H,2,3)/t13-,14-,16+;/m0./s1. The predicted octanol–water partition coefficient (Wildman–Crippen LogP) is 0.616. The Kier molecular flexibility index (Phi) is 6.33. The van der Waals surface area contributed by atoms with E-state index < -0.39 is 16.0 Å². The number of nitrogens with zero attached hydrogens (tertiary/aromatic N) is 1. The SMILES string of the molecule is O=C(O)c1cccc(S(=O)(=O)N[C@H]2C[C@H]3CO[C@@H](C4CC4)CN3C2)c1.O=CO. The van der Waals surface area contributed by atoms with Crippen molar-refractivity contribution in [2.75, 3.05) is 19.7 Å². The largest absolute Gasteiger partial charge is 0.483 e. The second-order valence-electron chi connectivity index (χ2n) is 7.31. The van der Waals surface area contributed by atoms with E-state index in [4.69, 9.17) is 19.7 Å². The number of carboxylic acids is 1. The van der Waals surface area contributed by atoms with E-state index in [9.17, 15) is 13.2 Å². The number of sulfonamides is 1. The van der Waals surface area contributed by atoms with Crippen molar-refractivity contribution in [3.63, 3.8) is 0 Å². The third-order valence-corrected chi connectivity index (χ3v) is 6.82. The number of aromatic carboxylic acids is 1. The molecule has 0 radical (unpaired) electrons. The Balaban J connectivity index is 0.000000706. The highest BCUT2D eigenvalue weighted by molar-refractivity contribution is 7.89. The Hall–Kier alpha value is -2.01. The van der Waals surface area contributed by atoms with Gasteiger partial charge in [-0.1, -0.05) is 6.07 Å². The topological polar surface area (TPSA) is 133 Å². The van der Waals surface area contributed by atoms with E-state index in [1.807, 2.05) is 0 Å². The van der Waals surface area contributed by atoms with Crippen LogP contribution >= 0.6 is 0 Å². The van der Waals surface area contributed by atoms with Crippen LogP contribution in [0.1, 0.15) is 29.6 Å². The predicted molar refractivity (Wildman–Crippen MR) is 98.6 cm³/mol. The summed E-state index contributed by atoms with van der Waals surface area (Å²) < 4.78 is 33.9. The number of hydrogen-bond donors (Lipinski definition) is 3. The minimum Gasteiger partial charge on any atom is -0.483 e. The van der Waals surface area contributed by atoms with E-state index in [2.05, 4.69) is 9.62 Å². The first-order valence-electron chi connectivity index (χ1n) is 9.13. The lowest BCUT2D eigenvalue weighted by Gasteiger charge is -2.35. The van der Waals surface area contributed by atoms with Crippen LogP contribution < -0.4 is 4.72 Å². The highest BCUT2D eigenvalue weighted by Gasteiger charge is 2.43. The van der Waals surface area contributed by atoms with Crippen LogP contribution in [0.25, 0.3) is 0 Å². The normalized spacial score (nSPS) is 27.4. The minimum atomic E-state index is -3.74. The molecule has 0 unspecified atom stereocenters. The molecule has 3 aliphatic rings. The highest BCUT2D eigenvalue weighted by atomic mass is 32.2. The third-order valence-electron chi connectivity index (χ3n) is 5.31. The first-order valence-corrected chi connectivity index (χ1v) is 10.6. The number of carbonyl (C=O) groups is 2. The Labute approximate surface area is 163 Å². The number of carboxylic acid groups (broad SMARTS) is 2. The lowest BCUT2D eigenvalue weighted by atomic mass is 10.1. The molecule has 1 aromatic carbocycles. The second-order valence-corrected chi connectivity index (χ2v) is 9.02. The Morgan fingerprint density at radius 3 is 2.64 bits per heavy atom. The summed E-state index contributed by atoms with van der Waals surface area (Å²) in [6, 6.07) is 5.53. The first-order chi connectivity index (χ1) is 13.3. The molecule has 0 spiro atoms. The quantitative estimate of drug-likeness (QED) is 0.599. The molecule has 3 atom stereocenters. The number of hydrogen-bond acceptors (Lipinski definition) is 6. The van der Waals surface area contributed by atoms with Gasteiger partial charge in [0.05, 0.1) is 23.2 Å². The van der Waals surface area contributed by atoms with Crippen LogP contribution in [0.4, 0.5) is 0 Å². The van der Waals surface area contributed by atoms with Gasteiger partial charge in [-0.2, -0.15) is 0 Å². The zero-order chi connectivity index (χ0) is 20.3. The van der Waals surface area contributed by atoms with Gasteiger partial charge in [0, 0.05) is 25.2 Å². The summed E-state index contributed by atoms with van der Waals surface area (Å²) in [5.41, 5.74) is -0.0348. The van der Waals surface area contributed by atoms with Crippen molar-refractivity contribution in [3.05, 3.63) is 29.8 Å². The Morgan fingerprint density at radius 1 is 1.29 bits per heavy atom. The Bertz CT molecular complexity index is 825. The maximum atomic E-state index is 12.6. The molecule has 1 aromatic rings. The van der Waals surface area contributed by atoms with E-state index in [1.165, 1.54) is 37.1 Å². The molecule has 3 fully saturated rings. The molecule has 9 nitrogen and oxygen atoms in total. The van der Waals surface area contributed by atoms with Crippen LogP contribution in [0.5, 0.6) is 0 Å². The number of benzene rings is 1. The molecule has 1 saturated carbocycles. The van der Waals surface area contributed by atoms with Gasteiger partial charge < -0.3 is 14.9 Å².